The molecule has 0 unspecified atom stereocenters. The lowest BCUT2D eigenvalue weighted by molar-refractivity contribution is 0.0546. The molecule has 1 aliphatic heterocycles. The molecule has 1 aliphatic carbocycles. The predicted octanol–water partition coefficient (Wildman–Crippen LogP) is 4.32. The summed E-state index contributed by atoms with van der Waals surface area (Å²) in [5, 5.41) is 9.93. The third kappa shape index (κ3) is 3.21. The van der Waals surface area contributed by atoms with Gasteiger partial charge in [-0.3, -0.25) is 4.90 Å². The van der Waals surface area contributed by atoms with Crippen molar-refractivity contribution in [2.45, 2.75) is 51.1 Å². The quantitative estimate of drug-likeness (QED) is 0.878. The molecule has 0 spiro atoms. The molecule has 2 fully saturated rings. The van der Waals surface area contributed by atoms with Crippen LogP contribution in [-0.2, 0) is 6.54 Å². The number of hydrogen-bond donors (Lipinski definition) is 1. The van der Waals surface area contributed by atoms with Crippen molar-refractivity contribution in [3.8, 4) is 11.5 Å². The van der Waals surface area contributed by atoms with Crippen molar-refractivity contribution in [3.05, 3.63) is 22.2 Å². The first-order chi connectivity index (χ1) is 10.2. The van der Waals surface area contributed by atoms with Crippen LogP contribution < -0.4 is 4.74 Å². The van der Waals surface area contributed by atoms with Crippen LogP contribution in [0.15, 0.2) is 16.6 Å². The molecule has 21 heavy (non-hydrogen) atoms. The highest BCUT2D eigenvalue weighted by Gasteiger charge is 2.33. The lowest BCUT2D eigenvalue weighted by Crippen LogP contribution is -2.46. The lowest BCUT2D eigenvalue weighted by atomic mass is 9.78. The number of phenolic OH excluding ortho intramolecular Hbond substituents is 1. The number of methoxy groups -OCH3 is 1. The first-order valence-electron chi connectivity index (χ1n) is 7.98. The van der Waals surface area contributed by atoms with Gasteiger partial charge in [-0.2, -0.15) is 0 Å². The van der Waals surface area contributed by atoms with Gasteiger partial charge in [0.2, 0.25) is 0 Å². The van der Waals surface area contributed by atoms with Gasteiger partial charge in [0, 0.05) is 12.6 Å². The number of hydrogen-bond acceptors (Lipinski definition) is 3. The van der Waals surface area contributed by atoms with E-state index in [1.165, 1.54) is 50.6 Å². The molecular formula is C17H24BrNO2. The monoisotopic (exact) mass is 353 g/mol. The van der Waals surface area contributed by atoms with Gasteiger partial charge in [0.05, 0.1) is 11.6 Å². The van der Waals surface area contributed by atoms with E-state index < -0.39 is 0 Å². The van der Waals surface area contributed by atoms with E-state index in [4.69, 9.17) is 4.74 Å². The molecule has 1 aromatic carbocycles. The van der Waals surface area contributed by atoms with Gasteiger partial charge in [-0.1, -0.05) is 12.8 Å². The molecule has 0 aromatic heterocycles. The Hall–Kier alpha value is -0.740. The number of rotatable bonds is 3. The van der Waals surface area contributed by atoms with E-state index in [-0.39, 0.29) is 5.75 Å². The zero-order chi connectivity index (χ0) is 14.8. The van der Waals surface area contributed by atoms with Gasteiger partial charge >= 0.3 is 0 Å². The Labute approximate surface area is 135 Å². The number of nitrogens with zero attached hydrogens (tertiary/aromatic N) is 1. The largest absolute Gasteiger partial charge is 0.503 e. The maximum absolute atomic E-state index is 9.93. The molecule has 1 saturated carbocycles. The van der Waals surface area contributed by atoms with Crippen molar-refractivity contribution < 1.29 is 9.84 Å². The first kappa shape index (κ1) is 15.2. The normalized spacial score (nSPS) is 26.4. The fourth-order valence-corrected chi connectivity index (χ4v) is 4.52. The number of aromatic hydroxyl groups is 1. The van der Waals surface area contributed by atoms with Crippen molar-refractivity contribution in [3.63, 3.8) is 0 Å². The summed E-state index contributed by atoms with van der Waals surface area (Å²) in [6.07, 6.45) is 8.26. The van der Waals surface area contributed by atoms with Crippen molar-refractivity contribution >= 4 is 15.9 Å². The fourth-order valence-electron chi connectivity index (χ4n) is 4.03. The number of ether oxygens (including phenoxy) is 1. The number of halogens is 1. The van der Waals surface area contributed by atoms with E-state index in [2.05, 4.69) is 20.8 Å². The summed E-state index contributed by atoms with van der Waals surface area (Å²) < 4.78 is 5.98. The second-order valence-electron chi connectivity index (χ2n) is 6.35. The molecule has 2 atom stereocenters. The molecule has 0 bridgehead atoms. The number of piperidine rings is 1. The fraction of sp³-hybridized carbons (Fsp3) is 0.647. The Kier molecular flexibility index (Phi) is 4.75. The highest BCUT2D eigenvalue weighted by molar-refractivity contribution is 9.10. The van der Waals surface area contributed by atoms with E-state index >= 15 is 0 Å². The van der Waals surface area contributed by atoms with Crippen LogP contribution in [0.3, 0.4) is 0 Å². The topological polar surface area (TPSA) is 32.7 Å². The molecular weight excluding hydrogens is 330 g/mol. The summed E-state index contributed by atoms with van der Waals surface area (Å²) in [6.45, 7) is 2.15. The van der Waals surface area contributed by atoms with E-state index in [9.17, 15) is 5.11 Å². The minimum Gasteiger partial charge on any atom is -0.503 e. The molecule has 1 saturated heterocycles. The summed E-state index contributed by atoms with van der Waals surface area (Å²) in [5.41, 5.74) is 1.21. The molecule has 0 radical (unpaired) electrons. The van der Waals surface area contributed by atoms with Crippen LogP contribution in [0.5, 0.6) is 11.5 Å². The predicted molar refractivity (Wildman–Crippen MR) is 87.7 cm³/mol. The average Bonchev–Trinajstić information content (AvgIpc) is 2.51. The molecule has 2 aliphatic rings. The molecule has 3 nitrogen and oxygen atoms in total. The van der Waals surface area contributed by atoms with Crippen LogP contribution in [0.4, 0.5) is 0 Å². The lowest BCUT2D eigenvalue weighted by Gasteiger charge is -2.44. The average molecular weight is 354 g/mol. The Morgan fingerprint density at radius 3 is 2.81 bits per heavy atom. The van der Waals surface area contributed by atoms with Crippen molar-refractivity contribution in [1.29, 1.82) is 0 Å². The molecule has 1 aromatic rings. The van der Waals surface area contributed by atoms with Crippen LogP contribution in [0.1, 0.15) is 44.1 Å². The van der Waals surface area contributed by atoms with Gasteiger partial charge in [-0.25, -0.2) is 0 Å². The number of phenols is 1. The van der Waals surface area contributed by atoms with Gasteiger partial charge in [0.1, 0.15) is 0 Å². The highest BCUT2D eigenvalue weighted by Crippen LogP contribution is 2.38. The smallest absolute Gasteiger partial charge is 0.172 e. The second kappa shape index (κ2) is 6.57. The van der Waals surface area contributed by atoms with E-state index in [0.717, 1.165) is 18.5 Å². The minimum atomic E-state index is 0.190. The summed E-state index contributed by atoms with van der Waals surface area (Å²) >= 11 is 3.42. The highest BCUT2D eigenvalue weighted by atomic mass is 79.9. The van der Waals surface area contributed by atoms with Crippen LogP contribution in [-0.4, -0.2) is 29.7 Å². The van der Waals surface area contributed by atoms with Crippen molar-refractivity contribution in [1.82, 2.24) is 4.90 Å². The van der Waals surface area contributed by atoms with Gasteiger partial charge in [0.15, 0.2) is 11.5 Å². The minimum absolute atomic E-state index is 0.190. The summed E-state index contributed by atoms with van der Waals surface area (Å²) in [7, 11) is 1.60. The van der Waals surface area contributed by atoms with Crippen LogP contribution in [0.2, 0.25) is 0 Å². The van der Waals surface area contributed by atoms with Crippen LogP contribution in [0.25, 0.3) is 0 Å². The molecule has 1 heterocycles. The van der Waals surface area contributed by atoms with Gasteiger partial charge in [0.25, 0.3) is 0 Å². The SMILES string of the molecule is COc1cc(CN2CCC[C@H]3CCCC[C@@H]32)cc(Br)c1O. The van der Waals surface area contributed by atoms with Gasteiger partial charge in [-0.05, 0) is 71.8 Å². The van der Waals surface area contributed by atoms with Gasteiger partial charge in [-0.15, -0.1) is 0 Å². The number of fused-ring (bicyclic) bond motifs is 1. The maximum atomic E-state index is 9.93. The van der Waals surface area contributed by atoms with Crippen LogP contribution >= 0.6 is 15.9 Å². The molecule has 116 valence electrons. The van der Waals surface area contributed by atoms with E-state index in [1.54, 1.807) is 7.11 Å². The van der Waals surface area contributed by atoms with E-state index in [1.807, 2.05) is 12.1 Å². The Morgan fingerprint density at radius 2 is 2.00 bits per heavy atom. The Morgan fingerprint density at radius 1 is 1.24 bits per heavy atom. The zero-order valence-corrected chi connectivity index (χ0v) is 14.2. The van der Waals surface area contributed by atoms with Gasteiger partial charge < -0.3 is 9.84 Å². The molecule has 1 N–H and O–H groups in total. The summed E-state index contributed by atoms with van der Waals surface area (Å²) in [5.74, 6) is 1.64. The third-order valence-electron chi connectivity index (χ3n) is 5.05. The van der Waals surface area contributed by atoms with E-state index in [0.29, 0.717) is 10.2 Å². The Bertz CT molecular complexity index is 504. The zero-order valence-electron chi connectivity index (χ0n) is 12.6. The molecule has 4 heteroatoms. The number of benzene rings is 1. The van der Waals surface area contributed by atoms with Crippen molar-refractivity contribution in [2.75, 3.05) is 13.7 Å². The molecule has 3 rings (SSSR count). The summed E-state index contributed by atoms with van der Waals surface area (Å²) in [4.78, 5) is 2.64. The Balaban J connectivity index is 1.77. The van der Waals surface area contributed by atoms with Crippen molar-refractivity contribution in [2.24, 2.45) is 5.92 Å². The standard InChI is InChI=1S/C17H24BrNO2/c1-21-16-10-12(9-14(18)17(16)20)11-19-8-4-6-13-5-2-3-7-15(13)19/h9-10,13,15,20H,2-8,11H2,1H3/t13-,15+/m1/s1. The second-order valence-corrected chi connectivity index (χ2v) is 7.21. The number of likely N-dealkylation sites (tertiary alicyclic amines) is 1. The maximum Gasteiger partial charge on any atom is 0.172 e. The van der Waals surface area contributed by atoms with Crippen LogP contribution in [0, 0.1) is 5.92 Å². The third-order valence-corrected chi connectivity index (χ3v) is 5.66. The summed E-state index contributed by atoms with van der Waals surface area (Å²) in [6, 6.07) is 4.74. The first-order valence-corrected chi connectivity index (χ1v) is 8.77. The molecule has 0 amide bonds.